The summed E-state index contributed by atoms with van der Waals surface area (Å²) in [7, 11) is 0. The number of carbonyl (C=O) groups is 3. The van der Waals surface area contributed by atoms with Crippen LogP contribution in [0.1, 0.15) is 251 Å². The monoisotopic (exact) mass is 812 g/mol. The summed E-state index contributed by atoms with van der Waals surface area (Å²) in [6, 6.07) is 0. The van der Waals surface area contributed by atoms with Crippen LogP contribution < -0.4 is 5.32 Å². The molecule has 0 spiro atoms. The Kier molecular flexibility index (Phi) is 44.9. The highest BCUT2D eigenvalue weighted by Crippen LogP contribution is 2.19. The zero-order chi connectivity index (χ0) is 42.3. The van der Waals surface area contributed by atoms with Crippen molar-refractivity contribution in [1.29, 1.82) is 0 Å². The number of carboxylic acids is 1. The Bertz CT molecular complexity index is 1030. The first-order chi connectivity index (χ1) is 28.5. The van der Waals surface area contributed by atoms with Gasteiger partial charge in [-0.2, -0.15) is 0 Å². The van der Waals surface area contributed by atoms with Gasteiger partial charge in [0.1, 0.15) is 12.6 Å². The molecular weight excluding hydrogens is 719 g/mol. The van der Waals surface area contributed by atoms with Crippen molar-refractivity contribution in [2.24, 2.45) is 0 Å². The molecule has 2 N–H and O–H groups in total. The van der Waals surface area contributed by atoms with Crippen LogP contribution in [0, 0.1) is 0 Å². The van der Waals surface area contributed by atoms with Crippen LogP contribution in [0.3, 0.4) is 0 Å². The standard InChI is InChI=1S/C52H93NO5/c1-3-5-7-9-11-13-15-17-19-20-21-22-23-24-26-28-30-32-34-39-43-47-52(57)58-49(45-41-37-35-38-42-46-50(54)53-48-51(55)56)44-40-36-33-31-29-27-25-18-16-14-12-10-8-6-4-2/h15,17,20-21,23-24,27,29,49H,3-14,16,18-19,22,25-26,28,30-48H2,1-2H3,(H,53,54)(H,55,56)/b17-15-,21-20-,24-23-,29-27-. The lowest BCUT2D eigenvalue weighted by molar-refractivity contribution is -0.150. The van der Waals surface area contributed by atoms with Gasteiger partial charge in [-0.05, 0) is 103 Å². The van der Waals surface area contributed by atoms with Gasteiger partial charge in [0.05, 0.1) is 0 Å². The number of allylic oxidation sites excluding steroid dienone is 8. The molecular formula is C52H93NO5. The Morgan fingerprint density at radius 1 is 0.448 bits per heavy atom. The second-order valence-electron chi connectivity index (χ2n) is 16.7. The maximum Gasteiger partial charge on any atom is 0.322 e. The number of hydrogen-bond donors (Lipinski definition) is 2. The Morgan fingerprint density at radius 2 is 0.793 bits per heavy atom. The average molecular weight is 812 g/mol. The maximum atomic E-state index is 12.8. The summed E-state index contributed by atoms with van der Waals surface area (Å²) in [5, 5.41) is 11.1. The fourth-order valence-corrected chi connectivity index (χ4v) is 7.28. The van der Waals surface area contributed by atoms with Crippen LogP contribution >= 0.6 is 0 Å². The van der Waals surface area contributed by atoms with E-state index in [9.17, 15) is 14.4 Å². The molecule has 0 heterocycles. The first kappa shape index (κ1) is 55.4. The largest absolute Gasteiger partial charge is 0.480 e. The van der Waals surface area contributed by atoms with E-state index in [1.807, 2.05) is 0 Å². The van der Waals surface area contributed by atoms with Gasteiger partial charge in [-0.15, -0.1) is 0 Å². The smallest absolute Gasteiger partial charge is 0.322 e. The summed E-state index contributed by atoms with van der Waals surface area (Å²) in [6.07, 6.45) is 61.0. The van der Waals surface area contributed by atoms with E-state index in [4.69, 9.17) is 9.84 Å². The van der Waals surface area contributed by atoms with E-state index in [1.165, 1.54) is 135 Å². The second kappa shape index (κ2) is 47.1. The van der Waals surface area contributed by atoms with Crippen molar-refractivity contribution in [3.8, 4) is 0 Å². The third kappa shape index (κ3) is 46.1. The van der Waals surface area contributed by atoms with Gasteiger partial charge in [0.2, 0.25) is 5.91 Å². The van der Waals surface area contributed by atoms with Crippen molar-refractivity contribution in [2.45, 2.75) is 258 Å². The van der Waals surface area contributed by atoms with Crippen molar-refractivity contribution < 1.29 is 24.2 Å². The quantitative estimate of drug-likeness (QED) is 0.0363. The third-order valence-corrected chi connectivity index (χ3v) is 11.0. The molecule has 1 unspecified atom stereocenters. The average Bonchev–Trinajstić information content (AvgIpc) is 3.21. The fourth-order valence-electron chi connectivity index (χ4n) is 7.28. The highest BCUT2D eigenvalue weighted by molar-refractivity contribution is 5.80. The van der Waals surface area contributed by atoms with Crippen LogP contribution in [0.2, 0.25) is 0 Å². The molecule has 336 valence electrons. The summed E-state index contributed by atoms with van der Waals surface area (Å²) >= 11 is 0. The van der Waals surface area contributed by atoms with Gasteiger partial charge in [-0.1, -0.05) is 184 Å². The van der Waals surface area contributed by atoms with Gasteiger partial charge in [0, 0.05) is 12.8 Å². The summed E-state index contributed by atoms with van der Waals surface area (Å²) in [6.45, 7) is 4.23. The van der Waals surface area contributed by atoms with Crippen molar-refractivity contribution in [3.05, 3.63) is 48.6 Å². The molecule has 0 saturated heterocycles. The number of amides is 1. The van der Waals surface area contributed by atoms with Gasteiger partial charge >= 0.3 is 11.9 Å². The fraction of sp³-hybridized carbons (Fsp3) is 0.788. The molecule has 0 rings (SSSR count). The summed E-state index contributed by atoms with van der Waals surface area (Å²) in [5.41, 5.74) is 0. The number of carboxylic acid groups (broad SMARTS) is 1. The molecule has 0 radical (unpaired) electrons. The highest BCUT2D eigenvalue weighted by Gasteiger charge is 2.14. The summed E-state index contributed by atoms with van der Waals surface area (Å²) in [4.78, 5) is 35.2. The molecule has 1 atom stereocenters. The third-order valence-electron chi connectivity index (χ3n) is 11.0. The van der Waals surface area contributed by atoms with E-state index >= 15 is 0 Å². The van der Waals surface area contributed by atoms with Gasteiger partial charge < -0.3 is 15.2 Å². The summed E-state index contributed by atoms with van der Waals surface area (Å²) in [5.74, 6) is -1.25. The van der Waals surface area contributed by atoms with E-state index < -0.39 is 5.97 Å². The lowest BCUT2D eigenvalue weighted by atomic mass is 10.0. The predicted octanol–water partition coefficient (Wildman–Crippen LogP) is 15.8. The number of hydrogen-bond acceptors (Lipinski definition) is 4. The highest BCUT2D eigenvalue weighted by atomic mass is 16.5. The van der Waals surface area contributed by atoms with Gasteiger partial charge in [0.15, 0.2) is 0 Å². The molecule has 0 aliphatic heterocycles. The molecule has 0 saturated carbocycles. The minimum atomic E-state index is -1.02. The van der Waals surface area contributed by atoms with Crippen molar-refractivity contribution >= 4 is 17.8 Å². The lowest BCUT2D eigenvalue weighted by Gasteiger charge is -2.18. The minimum absolute atomic E-state index is 0.00194. The molecule has 1 amide bonds. The van der Waals surface area contributed by atoms with Crippen molar-refractivity contribution in [2.75, 3.05) is 6.54 Å². The number of rotatable bonds is 45. The van der Waals surface area contributed by atoms with Crippen molar-refractivity contribution in [3.63, 3.8) is 0 Å². The van der Waals surface area contributed by atoms with Gasteiger partial charge in [-0.25, -0.2) is 0 Å². The predicted molar refractivity (Wildman–Crippen MR) is 249 cm³/mol. The zero-order valence-corrected chi connectivity index (χ0v) is 38.1. The van der Waals surface area contributed by atoms with Gasteiger partial charge in [-0.3, -0.25) is 14.4 Å². The Balaban J connectivity index is 4.18. The lowest BCUT2D eigenvalue weighted by Crippen LogP contribution is -2.28. The van der Waals surface area contributed by atoms with Crippen LogP contribution in [-0.4, -0.2) is 35.6 Å². The molecule has 58 heavy (non-hydrogen) atoms. The number of aliphatic carboxylic acids is 1. The minimum Gasteiger partial charge on any atom is -0.480 e. The van der Waals surface area contributed by atoms with Crippen LogP contribution in [0.5, 0.6) is 0 Å². The van der Waals surface area contributed by atoms with Crippen LogP contribution in [0.25, 0.3) is 0 Å². The molecule has 0 aromatic rings. The maximum absolute atomic E-state index is 12.8. The molecule has 0 aromatic carbocycles. The van der Waals surface area contributed by atoms with E-state index in [0.717, 1.165) is 89.9 Å². The number of nitrogens with one attached hydrogen (secondary N) is 1. The molecule has 6 nitrogen and oxygen atoms in total. The van der Waals surface area contributed by atoms with Crippen LogP contribution in [0.15, 0.2) is 48.6 Å². The SMILES string of the molecule is CCCCCCC/C=C\C/C=C\C/C=C\CCCCCCCCC(=O)OC(CCCCC/C=C\CCCCCCCCCC)CCCCCCCC(=O)NCC(=O)O. The first-order valence-corrected chi connectivity index (χ1v) is 24.8. The molecule has 0 fully saturated rings. The molecule has 0 aliphatic rings. The summed E-state index contributed by atoms with van der Waals surface area (Å²) < 4.78 is 6.05. The van der Waals surface area contributed by atoms with Crippen LogP contribution in [0.4, 0.5) is 0 Å². The number of ether oxygens (including phenoxy) is 1. The first-order valence-electron chi connectivity index (χ1n) is 24.8. The normalized spacial score (nSPS) is 12.4. The molecule has 0 bridgehead atoms. The van der Waals surface area contributed by atoms with E-state index in [1.54, 1.807) is 0 Å². The number of esters is 1. The Labute approximate surface area is 359 Å². The Morgan fingerprint density at radius 3 is 1.24 bits per heavy atom. The molecule has 0 aliphatic carbocycles. The van der Waals surface area contributed by atoms with E-state index in [0.29, 0.717) is 12.8 Å². The van der Waals surface area contributed by atoms with Gasteiger partial charge in [0.25, 0.3) is 0 Å². The number of unbranched alkanes of at least 4 members (excludes halogenated alkanes) is 26. The second-order valence-corrected chi connectivity index (χ2v) is 16.7. The number of carbonyl (C=O) groups excluding carboxylic acids is 2. The van der Waals surface area contributed by atoms with Crippen LogP contribution in [-0.2, 0) is 19.1 Å². The Hall–Kier alpha value is -2.63. The van der Waals surface area contributed by atoms with Crippen molar-refractivity contribution in [1.82, 2.24) is 5.32 Å². The topological polar surface area (TPSA) is 92.7 Å². The van der Waals surface area contributed by atoms with E-state index in [-0.39, 0.29) is 24.5 Å². The zero-order valence-electron chi connectivity index (χ0n) is 38.1. The van der Waals surface area contributed by atoms with E-state index in [2.05, 4.69) is 67.8 Å². The molecule has 6 heteroatoms. The molecule has 0 aromatic heterocycles.